The first kappa shape index (κ1) is 11.2. The van der Waals surface area contributed by atoms with E-state index in [1.54, 1.807) is 0 Å². The Balaban J connectivity index is 3.40. The van der Waals surface area contributed by atoms with Crippen LogP contribution >= 0.6 is 0 Å². The van der Waals surface area contributed by atoms with Gasteiger partial charge in [0.1, 0.15) is 15.9 Å². The number of hydrogen-bond acceptors (Lipinski definition) is 5. The fourth-order valence-electron chi connectivity index (χ4n) is 0.932. The van der Waals surface area contributed by atoms with Crippen LogP contribution in [0, 0.1) is 20.2 Å². The molecule has 0 saturated carbocycles. The summed E-state index contributed by atoms with van der Waals surface area (Å²) in [5.74, 6) is 0. The second-order valence-corrected chi connectivity index (χ2v) is 3.50. The predicted octanol–water partition coefficient (Wildman–Crippen LogP) is 0.484. The van der Waals surface area contributed by atoms with Crippen LogP contribution in [0.3, 0.4) is 0 Å². The largest absolute Gasteiger partial charge is 0.293 e. The zero-order chi connectivity index (χ0) is 11.6. The summed E-state index contributed by atoms with van der Waals surface area (Å²) in [6.45, 7) is 0. The van der Waals surface area contributed by atoms with E-state index in [0.717, 1.165) is 18.2 Å². The summed E-state index contributed by atoms with van der Waals surface area (Å²) >= 11 is 0. The van der Waals surface area contributed by atoms with Crippen molar-refractivity contribution >= 4 is 22.4 Å². The van der Waals surface area contributed by atoms with Crippen molar-refractivity contribution in [3.05, 3.63) is 38.4 Å². The SMILES string of the molecule is NS(=O)c1ccc([N+](=O)[O-])cc1[N+](=O)[O-]. The molecule has 0 spiro atoms. The molecule has 0 radical (unpaired) electrons. The van der Waals surface area contributed by atoms with Crippen LogP contribution < -0.4 is 5.14 Å². The van der Waals surface area contributed by atoms with Crippen LogP contribution in [0.4, 0.5) is 11.4 Å². The van der Waals surface area contributed by atoms with Crippen molar-refractivity contribution in [2.45, 2.75) is 4.90 Å². The first-order chi connectivity index (χ1) is 6.93. The molecule has 1 unspecified atom stereocenters. The fourth-order valence-corrected chi connectivity index (χ4v) is 1.47. The molecule has 15 heavy (non-hydrogen) atoms. The molecule has 1 aromatic rings. The zero-order valence-corrected chi connectivity index (χ0v) is 7.97. The Morgan fingerprint density at radius 2 is 1.80 bits per heavy atom. The highest BCUT2D eigenvalue weighted by atomic mass is 32.2. The highest BCUT2D eigenvalue weighted by molar-refractivity contribution is 7.82. The minimum absolute atomic E-state index is 0.245. The Bertz CT molecular complexity index is 460. The molecule has 1 atom stereocenters. The second-order valence-electron chi connectivity index (χ2n) is 2.46. The molecule has 2 N–H and O–H groups in total. The third-order valence-corrected chi connectivity index (χ3v) is 2.35. The molecule has 0 fully saturated rings. The average molecular weight is 231 g/mol. The Labute approximate surface area is 85.6 Å². The number of nitrogens with zero attached hydrogens (tertiary/aromatic N) is 2. The van der Waals surface area contributed by atoms with Crippen LogP contribution in [0.2, 0.25) is 0 Å². The Morgan fingerprint density at radius 1 is 1.20 bits per heavy atom. The van der Waals surface area contributed by atoms with Crippen molar-refractivity contribution < 1.29 is 14.1 Å². The van der Waals surface area contributed by atoms with E-state index in [2.05, 4.69) is 0 Å². The topological polar surface area (TPSA) is 129 Å². The van der Waals surface area contributed by atoms with Gasteiger partial charge in [0.05, 0.1) is 15.9 Å². The van der Waals surface area contributed by atoms with Gasteiger partial charge >= 0.3 is 0 Å². The number of nitro groups is 2. The van der Waals surface area contributed by atoms with Crippen LogP contribution in [0.1, 0.15) is 0 Å². The van der Waals surface area contributed by atoms with Gasteiger partial charge in [-0.1, -0.05) is 0 Å². The van der Waals surface area contributed by atoms with Gasteiger partial charge in [-0.2, -0.15) is 0 Å². The maximum atomic E-state index is 10.9. The number of benzene rings is 1. The first-order valence-corrected chi connectivity index (χ1v) is 4.74. The van der Waals surface area contributed by atoms with E-state index < -0.39 is 32.2 Å². The van der Waals surface area contributed by atoms with E-state index >= 15 is 0 Å². The standard InChI is InChI=1S/C6H5N3O5S/c7-15(14)6-2-1-4(8(10)11)3-5(6)9(12)13/h1-3H,7H2. The maximum absolute atomic E-state index is 10.9. The van der Waals surface area contributed by atoms with Crippen LogP contribution in [0.5, 0.6) is 0 Å². The van der Waals surface area contributed by atoms with Gasteiger partial charge in [0.15, 0.2) is 0 Å². The Hall–Kier alpha value is -1.87. The second kappa shape index (κ2) is 4.11. The first-order valence-electron chi connectivity index (χ1n) is 3.52. The monoisotopic (exact) mass is 231 g/mol. The molecule has 0 saturated heterocycles. The van der Waals surface area contributed by atoms with Gasteiger partial charge in [-0.15, -0.1) is 0 Å². The third-order valence-electron chi connectivity index (χ3n) is 1.57. The van der Waals surface area contributed by atoms with E-state index in [1.165, 1.54) is 0 Å². The lowest BCUT2D eigenvalue weighted by molar-refractivity contribution is -0.396. The highest BCUT2D eigenvalue weighted by Gasteiger charge is 2.21. The number of non-ortho nitro benzene ring substituents is 1. The van der Waals surface area contributed by atoms with Crippen LogP contribution in [-0.4, -0.2) is 14.1 Å². The van der Waals surface area contributed by atoms with Gasteiger partial charge in [0, 0.05) is 6.07 Å². The van der Waals surface area contributed by atoms with Crippen molar-refractivity contribution in [2.24, 2.45) is 5.14 Å². The summed E-state index contributed by atoms with van der Waals surface area (Å²) in [5, 5.41) is 25.8. The number of nitrogens with two attached hydrogens (primary N) is 1. The fraction of sp³-hybridized carbons (Fsp3) is 0. The highest BCUT2D eigenvalue weighted by Crippen LogP contribution is 2.25. The number of rotatable bonds is 3. The van der Waals surface area contributed by atoms with Gasteiger partial charge in [-0.05, 0) is 6.07 Å². The van der Waals surface area contributed by atoms with E-state index in [9.17, 15) is 24.4 Å². The maximum Gasteiger partial charge on any atom is 0.293 e. The molecule has 0 aliphatic heterocycles. The lowest BCUT2D eigenvalue weighted by atomic mass is 10.3. The lowest BCUT2D eigenvalue weighted by Crippen LogP contribution is -2.06. The van der Waals surface area contributed by atoms with E-state index in [1.807, 2.05) is 0 Å². The van der Waals surface area contributed by atoms with Gasteiger partial charge in [-0.3, -0.25) is 20.2 Å². The molecular formula is C6H5N3O5S. The third kappa shape index (κ3) is 2.33. The minimum atomic E-state index is -2.05. The number of hydrogen-bond donors (Lipinski definition) is 1. The molecule has 0 amide bonds. The predicted molar refractivity (Wildman–Crippen MR) is 50.3 cm³/mol. The Kier molecular flexibility index (Phi) is 3.07. The molecule has 0 aliphatic carbocycles. The minimum Gasteiger partial charge on any atom is -0.258 e. The van der Waals surface area contributed by atoms with Gasteiger partial charge in [0.2, 0.25) is 0 Å². The number of nitro benzene ring substituents is 2. The van der Waals surface area contributed by atoms with Crippen molar-refractivity contribution in [3.8, 4) is 0 Å². The molecule has 80 valence electrons. The van der Waals surface area contributed by atoms with Crippen LogP contribution in [0.25, 0.3) is 0 Å². The average Bonchev–Trinajstić information content (AvgIpc) is 2.16. The summed E-state index contributed by atoms with van der Waals surface area (Å²) in [6.07, 6.45) is 0. The van der Waals surface area contributed by atoms with Crippen LogP contribution in [0.15, 0.2) is 23.1 Å². The van der Waals surface area contributed by atoms with E-state index in [-0.39, 0.29) is 4.90 Å². The lowest BCUT2D eigenvalue weighted by Gasteiger charge is -1.98. The van der Waals surface area contributed by atoms with Crippen LogP contribution in [-0.2, 0) is 11.0 Å². The normalized spacial score (nSPS) is 12.1. The molecule has 8 nitrogen and oxygen atoms in total. The molecule has 9 heteroatoms. The molecule has 0 aromatic heterocycles. The molecule has 0 bridgehead atoms. The zero-order valence-electron chi connectivity index (χ0n) is 7.15. The summed E-state index contributed by atoms with van der Waals surface area (Å²) in [7, 11) is -2.05. The summed E-state index contributed by atoms with van der Waals surface area (Å²) < 4.78 is 10.9. The summed E-state index contributed by atoms with van der Waals surface area (Å²) in [6, 6.07) is 2.74. The van der Waals surface area contributed by atoms with Gasteiger partial charge in [-0.25, -0.2) is 9.35 Å². The molecule has 1 aromatic carbocycles. The van der Waals surface area contributed by atoms with Crippen molar-refractivity contribution in [1.29, 1.82) is 0 Å². The van der Waals surface area contributed by atoms with Crippen molar-refractivity contribution in [1.82, 2.24) is 0 Å². The molecule has 1 rings (SSSR count). The van der Waals surface area contributed by atoms with Crippen molar-refractivity contribution in [3.63, 3.8) is 0 Å². The van der Waals surface area contributed by atoms with E-state index in [0.29, 0.717) is 0 Å². The quantitative estimate of drug-likeness (QED) is 0.597. The summed E-state index contributed by atoms with van der Waals surface area (Å²) in [4.78, 5) is 18.9. The van der Waals surface area contributed by atoms with Gasteiger partial charge < -0.3 is 0 Å². The Morgan fingerprint density at radius 3 is 2.20 bits per heavy atom. The van der Waals surface area contributed by atoms with E-state index in [4.69, 9.17) is 5.14 Å². The molecular weight excluding hydrogens is 226 g/mol. The smallest absolute Gasteiger partial charge is 0.258 e. The summed E-state index contributed by atoms with van der Waals surface area (Å²) in [5.41, 5.74) is -1.07. The molecule has 0 heterocycles. The van der Waals surface area contributed by atoms with Gasteiger partial charge in [0.25, 0.3) is 11.4 Å². The molecule has 0 aliphatic rings. The van der Waals surface area contributed by atoms with Crippen molar-refractivity contribution in [2.75, 3.05) is 0 Å².